The number of ether oxygens (including phenoxy) is 2. The molecule has 7 heteroatoms. The van der Waals surface area contributed by atoms with Crippen LogP contribution < -0.4 is 19.1 Å². The van der Waals surface area contributed by atoms with Gasteiger partial charge in [-0.3, -0.25) is 4.72 Å². The standard InChI is InChI=1S/C19H22N2O4S/c22-26(23,17-9-10-18-19(13-17)25-14-24-18)20-15-5-7-16(8-6-15)21-11-3-1-2-4-12-21/h5-10,13,20H,1-4,11-12,14H2. The summed E-state index contributed by atoms with van der Waals surface area (Å²) >= 11 is 0. The fourth-order valence-corrected chi connectivity index (χ4v) is 4.40. The Morgan fingerprint density at radius 1 is 0.846 bits per heavy atom. The van der Waals surface area contributed by atoms with Crippen LogP contribution in [-0.2, 0) is 10.0 Å². The summed E-state index contributed by atoms with van der Waals surface area (Å²) in [6.45, 7) is 2.23. The van der Waals surface area contributed by atoms with Crippen LogP contribution in [0.1, 0.15) is 25.7 Å². The van der Waals surface area contributed by atoms with Crippen molar-refractivity contribution in [3.63, 3.8) is 0 Å². The molecular formula is C19H22N2O4S. The van der Waals surface area contributed by atoms with E-state index in [2.05, 4.69) is 9.62 Å². The Labute approximate surface area is 153 Å². The topological polar surface area (TPSA) is 67.9 Å². The summed E-state index contributed by atoms with van der Waals surface area (Å²) in [4.78, 5) is 2.52. The van der Waals surface area contributed by atoms with Crippen molar-refractivity contribution in [3.8, 4) is 11.5 Å². The molecule has 0 unspecified atom stereocenters. The van der Waals surface area contributed by atoms with E-state index in [1.165, 1.54) is 37.8 Å². The zero-order valence-corrected chi connectivity index (χ0v) is 15.3. The van der Waals surface area contributed by atoms with Crippen LogP contribution in [0, 0.1) is 0 Å². The number of benzene rings is 2. The van der Waals surface area contributed by atoms with Crippen molar-refractivity contribution in [1.29, 1.82) is 0 Å². The molecule has 1 fully saturated rings. The summed E-state index contributed by atoms with van der Waals surface area (Å²) in [7, 11) is -3.68. The maximum Gasteiger partial charge on any atom is 0.262 e. The van der Waals surface area contributed by atoms with Gasteiger partial charge in [0.05, 0.1) is 4.90 Å². The highest BCUT2D eigenvalue weighted by atomic mass is 32.2. The minimum Gasteiger partial charge on any atom is -0.454 e. The summed E-state index contributed by atoms with van der Waals surface area (Å²) in [6.07, 6.45) is 4.98. The first-order valence-electron chi connectivity index (χ1n) is 8.89. The monoisotopic (exact) mass is 374 g/mol. The molecule has 0 saturated carbocycles. The lowest BCUT2D eigenvalue weighted by Crippen LogP contribution is -2.23. The van der Waals surface area contributed by atoms with Gasteiger partial charge >= 0.3 is 0 Å². The van der Waals surface area contributed by atoms with Gasteiger partial charge in [-0.1, -0.05) is 12.8 Å². The Kier molecular flexibility index (Phi) is 4.63. The average molecular weight is 374 g/mol. The lowest BCUT2D eigenvalue weighted by molar-refractivity contribution is 0.174. The molecule has 2 heterocycles. The summed E-state index contributed by atoms with van der Waals surface area (Å²) in [5.74, 6) is 1.01. The number of fused-ring (bicyclic) bond motifs is 1. The van der Waals surface area contributed by atoms with Gasteiger partial charge in [0, 0.05) is 30.5 Å². The first-order chi connectivity index (χ1) is 12.6. The predicted molar refractivity (Wildman–Crippen MR) is 100 cm³/mol. The highest BCUT2D eigenvalue weighted by molar-refractivity contribution is 7.92. The second kappa shape index (κ2) is 7.07. The van der Waals surface area contributed by atoms with Crippen LogP contribution in [0.25, 0.3) is 0 Å². The second-order valence-corrected chi connectivity index (χ2v) is 8.25. The number of rotatable bonds is 4. The van der Waals surface area contributed by atoms with E-state index in [1.807, 2.05) is 24.3 Å². The van der Waals surface area contributed by atoms with Gasteiger partial charge in [0.15, 0.2) is 11.5 Å². The Balaban J connectivity index is 1.49. The maximum absolute atomic E-state index is 12.6. The molecular weight excluding hydrogens is 352 g/mol. The van der Waals surface area contributed by atoms with E-state index in [9.17, 15) is 8.42 Å². The minimum absolute atomic E-state index is 0.115. The third-order valence-corrected chi connectivity index (χ3v) is 6.12. The van der Waals surface area contributed by atoms with E-state index in [0.29, 0.717) is 17.2 Å². The molecule has 2 aliphatic rings. The van der Waals surface area contributed by atoms with E-state index in [4.69, 9.17) is 9.47 Å². The predicted octanol–water partition coefficient (Wildman–Crippen LogP) is 3.60. The lowest BCUT2D eigenvalue weighted by Gasteiger charge is -2.22. The van der Waals surface area contributed by atoms with Gasteiger partial charge in [0.2, 0.25) is 6.79 Å². The van der Waals surface area contributed by atoms with E-state index in [-0.39, 0.29) is 11.7 Å². The SMILES string of the molecule is O=S(=O)(Nc1ccc(N2CCCCCC2)cc1)c1ccc2c(c1)OCO2. The Bertz CT molecular complexity index is 873. The molecule has 0 amide bonds. The smallest absolute Gasteiger partial charge is 0.262 e. The van der Waals surface area contributed by atoms with Crippen LogP contribution >= 0.6 is 0 Å². The van der Waals surface area contributed by atoms with Crippen molar-refractivity contribution in [3.05, 3.63) is 42.5 Å². The highest BCUT2D eigenvalue weighted by Gasteiger charge is 2.20. The number of anilines is 2. The van der Waals surface area contributed by atoms with E-state index >= 15 is 0 Å². The molecule has 138 valence electrons. The number of hydrogen-bond acceptors (Lipinski definition) is 5. The normalized spacial score (nSPS) is 17.0. The molecule has 2 aromatic carbocycles. The quantitative estimate of drug-likeness (QED) is 0.886. The van der Waals surface area contributed by atoms with Crippen LogP contribution in [0.5, 0.6) is 11.5 Å². The molecule has 0 bridgehead atoms. The van der Waals surface area contributed by atoms with Gasteiger partial charge in [0.1, 0.15) is 0 Å². The zero-order valence-electron chi connectivity index (χ0n) is 14.5. The van der Waals surface area contributed by atoms with Crippen LogP contribution in [0.4, 0.5) is 11.4 Å². The van der Waals surface area contributed by atoms with Gasteiger partial charge < -0.3 is 14.4 Å². The third-order valence-electron chi connectivity index (χ3n) is 4.75. The van der Waals surface area contributed by atoms with Gasteiger partial charge in [0.25, 0.3) is 10.0 Å². The molecule has 2 aliphatic heterocycles. The summed E-state index contributed by atoms with van der Waals surface area (Å²) in [5, 5.41) is 0. The Hall–Kier alpha value is -2.41. The molecule has 0 aromatic heterocycles. The molecule has 0 spiro atoms. The molecule has 0 radical (unpaired) electrons. The molecule has 1 N–H and O–H groups in total. The van der Waals surface area contributed by atoms with Crippen LogP contribution in [0.15, 0.2) is 47.4 Å². The molecule has 2 aromatic rings. The third kappa shape index (κ3) is 3.58. The molecule has 4 rings (SSSR count). The van der Waals surface area contributed by atoms with Gasteiger partial charge in [-0.05, 0) is 49.2 Å². The Morgan fingerprint density at radius 2 is 1.54 bits per heavy atom. The van der Waals surface area contributed by atoms with E-state index in [1.54, 1.807) is 6.07 Å². The molecule has 6 nitrogen and oxygen atoms in total. The molecule has 0 atom stereocenters. The van der Waals surface area contributed by atoms with Crippen molar-refractivity contribution in [2.45, 2.75) is 30.6 Å². The zero-order chi connectivity index (χ0) is 18.0. The second-order valence-electron chi connectivity index (χ2n) is 6.57. The lowest BCUT2D eigenvalue weighted by atomic mass is 10.2. The van der Waals surface area contributed by atoms with Crippen molar-refractivity contribution in [2.75, 3.05) is 29.5 Å². The summed E-state index contributed by atoms with van der Waals surface area (Å²) in [5.41, 5.74) is 1.68. The van der Waals surface area contributed by atoms with Crippen LogP contribution in [0.3, 0.4) is 0 Å². The van der Waals surface area contributed by atoms with Gasteiger partial charge in [-0.2, -0.15) is 0 Å². The van der Waals surface area contributed by atoms with E-state index < -0.39 is 10.0 Å². The van der Waals surface area contributed by atoms with Crippen LogP contribution in [0.2, 0.25) is 0 Å². The number of nitrogens with zero attached hydrogens (tertiary/aromatic N) is 1. The molecule has 1 saturated heterocycles. The first-order valence-corrected chi connectivity index (χ1v) is 10.4. The molecule has 26 heavy (non-hydrogen) atoms. The Morgan fingerprint density at radius 3 is 2.27 bits per heavy atom. The van der Waals surface area contributed by atoms with Gasteiger partial charge in [-0.25, -0.2) is 8.42 Å². The average Bonchev–Trinajstić information content (AvgIpc) is 2.94. The highest BCUT2D eigenvalue weighted by Crippen LogP contribution is 2.34. The largest absolute Gasteiger partial charge is 0.454 e. The fraction of sp³-hybridized carbons (Fsp3) is 0.368. The molecule has 0 aliphatic carbocycles. The maximum atomic E-state index is 12.6. The number of hydrogen-bond donors (Lipinski definition) is 1. The van der Waals surface area contributed by atoms with Crippen LogP contribution in [-0.4, -0.2) is 28.3 Å². The van der Waals surface area contributed by atoms with E-state index in [0.717, 1.165) is 18.8 Å². The number of nitrogens with one attached hydrogen (secondary N) is 1. The first kappa shape index (κ1) is 17.0. The van der Waals surface area contributed by atoms with Crippen molar-refractivity contribution in [1.82, 2.24) is 0 Å². The summed E-state index contributed by atoms with van der Waals surface area (Å²) < 4.78 is 38.3. The summed E-state index contributed by atoms with van der Waals surface area (Å²) in [6, 6.07) is 12.2. The van der Waals surface area contributed by atoms with Gasteiger partial charge in [-0.15, -0.1) is 0 Å². The fourth-order valence-electron chi connectivity index (χ4n) is 3.33. The van der Waals surface area contributed by atoms with Crippen molar-refractivity contribution >= 4 is 21.4 Å². The van der Waals surface area contributed by atoms with Crippen molar-refractivity contribution in [2.24, 2.45) is 0 Å². The van der Waals surface area contributed by atoms with Crippen molar-refractivity contribution < 1.29 is 17.9 Å². The number of sulfonamides is 1. The minimum atomic E-state index is -3.68.